The fraction of sp³-hybridized carbons (Fsp3) is 0.833. The molecule has 0 spiro atoms. The predicted molar refractivity (Wildman–Crippen MR) is 43.3 cm³/mol. The molecule has 0 aliphatic carbocycles. The predicted octanol–water partition coefficient (Wildman–Crippen LogP) is -1.14. The third-order valence-corrected chi connectivity index (χ3v) is 2.51. The monoisotopic (exact) mass is 178 g/mol. The Labute approximate surface area is 69.2 Å². The number of methoxy groups -OCH3 is 2. The van der Waals surface area contributed by atoms with Gasteiger partial charge in [-0.2, -0.15) is 0 Å². The average Bonchev–Trinajstić information content (AvgIpc) is 2.00. The van der Waals surface area contributed by atoms with Crippen molar-refractivity contribution in [2.75, 3.05) is 20.8 Å². The first-order valence-corrected chi connectivity index (χ1v) is 4.28. The first kappa shape index (κ1) is 10.6. The van der Waals surface area contributed by atoms with E-state index in [4.69, 9.17) is 14.2 Å². The first-order valence-electron chi connectivity index (χ1n) is 3.28. The molecule has 5 heteroatoms. The molecule has 0 heterocycles. The highest BCUT2D eigenvalue weighted by Gasteiger charge is 2.23. The van der Waals surface area contributed by atoms with E-state index in [0.717, 1.165) is 0 Å². The smallest absolute Gasteiger partial charge is 0.302 e. The van der Waals surface area contributed by atoms with Crippen LogP contribution >= 0.6 is 0 Å². The van der Waals surface area contributed by atoms with Gasteiger partial charge in [-0.15, -0.1) is 0 Å². The topological polar surface area (TPSA) is 44.8 Å². The van der Waals surface area contributed by atoms with Crippen LogP contribution in [-0.2, 0) is 19.0 Å². The fourth-order valence-electron chi connectivity index (χ4n) is 0.434. The van der Waals surface area contributed by atoms with Crippen LogP contribution in [0.3, 0.4) is 0 Å². The van der Waals surface area contributed by atoms with E-state index in [1.165, 1.54) is 21.1 Å². The fourth-order valence-corrected chi connectivity index (χ4v) is 0.578. The van der Waals surface area contributed by atoms with E-state index in [1.807, 2.05) is 0 Å². The Hall–Kier alpha value is -0.393. The summed E-state index contributed by atoms with van der Waals surface area (Å²) in [6.07, 6.45) is 0. The van der Waals surface area contributed by atoms with Gasteiger partial charge in [0.05, 0.1) is 10.2 Å². The summed E-state index contributed by atoms with van der Waals surface area (Å²) in [6.45, 7) is 1.52. The summed E-state index contributed by atoms with van der Waals surface area (Å²) in [5.41, 5.74) is -0.689. The molecule has 11 heavy (non-hydrogen) atoms. The molecule has 0 saturated carbocycles. The molecule has 0 rings (SSSR count). The van der Waals surface area contributed by atoms with Crippen molar-refractivity contribution in [2.45, 2.75) is 12.3 Å². The van der Waals surface area contributed by atoms with E-state index in [9.17, 15) is 4.79 Å². The second-order valence-electron chi connectivity index (χ2n) is 2.32. The lowest BCUT2D eigenvalue weighted by Gasteiger charge is -2.25. The van der Waals surface area contributed by atoms with Crippen molar-refractivity contribution in [1.29, 1.82) is 0 Å². The van der Waals surface area contributed by atoms with Gasteiger partial charge in [-0.1, -0.05) is 0 Å². The molecule has 0 atom stereocenters. The van der Waals surface area contributed by atoms with Crippen LogP contribution in [-0.4, -0.2) is 42.4 Å². The van der Waals surface area contributed by atoms with Crippen molar-refractivity contribution in [3.63, 3.8) is 0 Å². The van der Waals surface area contributed by atoms with Crippen molar-refractivity contribution in [1.82, 2.24) is 0 Å². The summed E-state index contributed by atoms with van der Waals surface area (Å²) >= 11 is 0. The van der Waals surface area contributed by atoms with Crippen molar-refractivity contribution < 1.29 is 19.0 Å². The van der Waals surface area contributed by atoms with Crippen molar-refractivity contribution >= 4 is 16.2 Å². The second kappa shape index (κ2) is 4.48. The lowest BCUT2D eigenvalue weighted by Crippen LogP contribution is -2.40. The van der Waals surface area contributed by atoms with Gasteiger partial charge in [0.15, 0.2) is 5.41 Å². The molecule has 0 saturated heterocycles. The third kappa shape index (κ3) is 4.13. The number of hydrogen-bond donors (Lipinski definition) is 0. The average molecular weight is 178 g/mol. The van der Waals surface area contributed by atoms with Gasteiger partial charge in [-0.3, -0.25) is 4.79 Å². The van der Waals surface area contributed by atoms with Gasteiger partial charge in [0.2, 0.25) is 0 Å². The normalized spacial score (nSPS) is 11.5. The standard InChI is InChI=1S/C6H14O4Si/c1-5(7)10-4-6(11,8-2)9-3/h4H2,1-3,11H3. The Kier molecular flexibility index (Phi) is 4.32. The molecule has 0 aliphatic rings. The van der Waals surface area contributed by atoms with Gasteiger partial charge in [0.1, 0.15) is 6.61 Å². The summed E-state index contributed by atoms with van der Waals surface area (Å²) in [6, 6.07) is 0. The number of hydrogen-bond acceptors (Lipinski definition) is 4. The summed E-state index contributed by atoms with van der Waals surface area (Å²) in [7, 11) is 3.71. The Morgan fingerprint density at radius 3 is 2.18 bits per heavy atom. The highest BCUT2D eigenvalue weighted by atomic mass is 28.1. The largest absolute Gasteiger partial charge is 0.461 e. The molecular formula is C6H14O4Si. The van der Waals surface area contributed by atoms with E-state index in [-0.39, 0.29) is 12.6 Å². The summed E-state index contributed by atoms with van der Waals surface area (Å²) in [4.78, 5) is 10.4. The van der Waals surface area contributed by atoms with E-state index in [2.05, 4.69) is 0 Å². The number of ether oxygens (including phenoxy) is 3. The van der Waals surface area contributed by atoms with Gasteiger partial charge < -0.3 is 14.2 Å². The van der Waals surface area contributed by atoms with Crippen LogP contribution in [0.2, 0.25) is 0 Å². The zero-order valence-corrected chi connectivity index (χ0v) is 9.34. The van der Waals surface area contributed by atoms with E-state index >= 15 is 0 Å². The summed E-state index contributed by atoms with van der Waals surface area (Å²) in [5, 5.41) is 0. The highest BCUT2D eigenvalue weighted by molar-refractivity contribution is 6.13. The van der Waals surface area contributed by atoms with Crippen LogP contribution in [0.15, 0.2) is 0 Å². The maximum atomic E-state index is 10.4. The molecule has 0 bridgehead atoms. The maximum absolute atomic E-state index is 10.4. The molecule has 0 aliphatic heterocycles. The molecule has 0 radical (unpaired) electrons. The molecule has 0 aromatic carbocycles. The second-order valence-corrected chi connectivity index (χ2v) is 3.85. The SMILES string of the molecule is COC([SiH3])(COC(C)=O)OC. The molecule has 0 N–H and O–H groups in total. The van der Waals surface area contributed by atoms with Gasteiger partial charge in [0, 0.05) is 21.1 Å². The van der Waals surface area contributed by atoms with Crippen LogP contribution in [0.25, 0.3) is 0 Å². The minimum absolute atomic E-state index is 0.168. The molecule has 0 aromatic heterocycles. The van der Waals surface area contributed by atoms with Crippen LogP contribution in [0.5, 0.6) is 0 Å². The van der Waals surface area contributed by atoms with Gasteiger partial charge >= 0.3 is 5.97 Å². The van der Waals surface area contributed by atoms with Crippen molar-refractivity contribution in [3.05, 3.63) is 0 Å². The number of carbonyl (C=O) groups is 1. The van der Waals surface area contributed by atoms with Gasteiger partial charge in [-0.05, 0) is 0 Å². The Balaban J connectivity index is 3.78. The lowest BCUT2D eigenvalue weighted by molar-refractivity contribution is -0.184. The van der Waals surface area contributed by atoms with Crippen LogP contribution < -0.4 is 0 Å². The Bertz CT molecular complexity index is 133. The zero-order chi connectivity index (χ0) is 8.91. The van der Waals surface area contributed by atoms with E-state index in [0.29, 0.717) is 10.2 Å². The van der Waals surface area contributed by atoms with Gasteiger partial charge in [-0.25, -0.2) is 0 Å². The van der Waals surface area contributed by atoms with Gasteiger partial charge in [0.25, 0.3) is 0 Å². The molecule has 0 aromatic rings. The van der Waals surface area contributed by atoms with E-state index < -0.39 is 5.41 Å². The van der Waals surface area contributed by atoms with Crippen LogP contribution in [0.1, 0.15) is 6.92 Å². The first-order chi connectivity index (χ1) is 5.04. The molecule has 0 amide bonds. The third-order valence-electron chi connectivity index (χ3n) is 1.40. The van der Waals surface area contributed by atoms with Crippen molar-refractivity contribution in [3.8, 4) is 0 Å². The van der Waals surface area contributed by atoms with Crippen LogP contribution in [0, 0.1) is 0 Å². The Morgan fingerprint density at radius 1 is 1.45 bits per heavy atom. The minimum atomic E-state index is -0.689. The number of rotatable bonds is 4. The van der Waals surface area contributed by atoms with Crippen molar-refractivity contribution in [2.24, 2.45) is 0 Å². The summed E-state index contributed by atoms with van der Waals surface area (Å²) < 4.78 is 14.7. The minimum Gasteiger partial charge on any atom is -0.461 e. The molecular weight excluding hydrogens is 164 g/mol. The molecule has 4 nitrogen and oxygen atoms in total. The zero-order valence-electron chi connectivity index (χ0n) is 7.34. The summed E-state index contributed by atoms with van der Waals surface area (Å²) in [5.74, 6) is -0.320. The molecule has 0 fully saturated rings. The highest BCUT2D eigenvalue weighted by Crippen LogP contribution is 2.05. The maximum Gasteiger partial charge on any atom is 0.302 e. The quantitative estimate of drug-likeness (QED) is 0.310. The molecule has 66 valence electrons. The van der Waals surface area contributed by atoms with E-state index in [1.54, 1.807) is 0 Å². The number of carbonyl (C=O) groups excluding carboxylic acids is 1. The number of esters is 1. The lowest BCUT2D eigenvalue weighted by atomic mass is 10.6. The Morgan fingerprint density at radius 2 is 1.91 bits per heavy atom. The van der Waals surface area contributed by atoms with Crippen LogP contribution in [0.4, 0.5) is 0 Å². The molecule has 0 unspecified atom stereocenters.